The van der Waals surface area contributed by atoms with E-state index in [0.717, 1.165) is 5.56 Å². The molecule has 3 aromatic rings. The molecule has 0 aliphatic carbocycles. The van der Waals surface area contributed by atoms with Gasteiger partial charge >= 0.3 is 0 Å². The van der Waals surface area contributed by atoms with Crippen LogP contribution in [0.15, 0.2) is 72.8 Å². The number of amides is 2. The first kappa shape index (κ1) is 25.7. The Hall–Kier alpha value is -2.89. The Morgan fingerprint density at radius 3 is 2.24 bits per heavy atom. The third kappa shape index (κ3) is 7.05. The van der Waals surface area contributed by atoms with Crippen molar-refractivity contribution in [3.63, 3.8) is 0 Å². The number of carbonyl (C=O) groups is 2. The van der Waals surface area contributed by atoms with E-state index in [4.69, 9.17) is 23.2 Å². The molecule has 0 aliphatic heterocycles. The highest BCUT2D eigenvalue weighted by Crippen LogP contribution is 2.24. The first-order valence-electron chi connectivity index (χ1n) is 11.1. The van der Waals surface area contributed by atoms with E-state index in [-0.39, 0.29) is 30.8 Å². The van der Waals surface area contributed by atoms with Gasteiger partial charge in [-0.3, -0.25) is 9.59 Å². The highest BCUT2D eigenvalue weighted by atomic mass is 35.5. The van der Waals surface area contributed by atoms with E-state index in [2.05, 4.69) is 5.32 Å². The smallest absolute Gasteiger partial charge is 0.243 e. The first-order valence-corrected chi connectivity index (χ1v) is 11.8. The summed E-state index contributed by atoms with van der Waals surface area (Å²) in [6.45, 7) is 3.67. The molecule has 0 radical (unpaired) electrons. The molecule has 1 atom stereocenters. The zero-order chi connectivity index (χ0) is 24.7. The van der Waals surface area contributed by atoms with Gasteiger partial charge in [0.1, 0.15) is 11.9 Å². The molecule has 3 aromatic carbocycles. The number of rotatable bonds is 9. The van der Waals surface area contributed by atoms with Gasteiger partial charge in [0.25, 0.3) is 0 Å². The minimum absolute atomic E-state index is 0.00834. The number of carbonyl (C=O) groups excluding carboxylic acids is 2. The normalized spacial score (nSPS) is 11.8. The third-order valence-electron chi connectivity index (χ3n) is 5.34. The Kier molecular flexibility index (Phi) is 9.08. The maximum absolute atomic E-state index is 14.6. The summed E-state index contributed by atoms with van der Waals surface area (Å²) in [5, 5.41) is 3.64. The van der Waals surface area contributed by atoms with Crippen molar-refractivity contribution in [2.75, 3.05) is 0 Å². The molecular weight excluding hydrogens is 474 g/mol. The second-order valence-electron chi connectivity index (χ2n) is 8.41. The number of hydrogen-bond donors (Lipinski definition) is 1. The van der Waals surface area contributed by atoms with Crippen LogP contribution >= 0.6 is 23.2 Å². The Labute approximate surface area is 209 Å². The van der Waals surface area contributed by atoms with Crippen LogP contribution in [0, 0.1) is 5.82 Å². The van der Waals surface area contributed by atoms with Gasteiger partial charge in [-0.15, -0.1) is 0 Å². The van der Waals surface area contributed by atoms with Crippen molar-refractivity contribution in [1.82, 2.24) is 10.2 Å². The molecule has 178 valence electrons. The molecular formula is C27H27Cl2FN2O2. The zero-order valence-corrected chi connectivity index (χ0v) is 20.6. The SMILES string of the molecule is CC(C)NC(=O)[C@@H](Cc1ccccc1)N(Cc1ccccc1F)C(=O)Cc1ccc(Cl)c(Cl)c1. The van der Waals surface area contributed by atoms with E-state index in [1.807, 2.05) is 44.2 Å². The maximum atomic E-state index is 14.6. The summed E-state index contributed by atoms with van der Waals surface area (Å²) in [6.07, 6.45) is 0.284. The van der Waals surface area contributed by atoms with Crippen LogP contribution in [0.25, 0.3) is 0 Å². The second kappa shape index (κ2) is 12.0. The van der Waals surface area contributed by atoms with Gasteiger partial charge in [-0.1, -0.05) is 77.8 Å². The lowest BCUT2D eigenvalue weighted by Crippen LogP contribution is -2.52. The van der Waals surface area contributed by atoms with Gasteiger partial charge in [0.15, 0.2) is 0 Å². The average Bonchev–Trinajstić information content (AvgIpc) is 2.80. The van der Waals surface area contributed by atoms with E-state index in [9.17, 15) is 14.0 Å². The van der Waals surface area contributed by atoms with Crippen LogP contribution < -0.4 is 5.32 Å². The molecule has 0 bridgehead atoms. The van der Waals surface area contributed by atoms with E-state index in [1.54, 1.807) is 36.4 Å². The molecule has 0 heterocycles. The monoisotopic (exact) mass is 500 g/mol. The molecule has 0 fully saturated rings. The van der Waals surface area contributed by atoms with Crippen molar-refractivity contribution >= 4 is 35.0 Å². The highest BCUT2D eigenvalue weighted by Gasteiger charge is 2.31. The quantitative estimate of drug-likeness (QED) is 0.401. The van der Waals surface area contributed by atoms with Crippen molar-refractivity contribution in [2.24, 2.45) is 0 Å². The Balaban J connectivity index is 1.99. The van der Waals surface area contributed by atoms with Gasteiger partial charge in [-0.25, -0.2) is 4.39 Å². The van der Waals surface area contributed by atoms with Crippen LogP contribution in [0.5, 0.6) is 0 Å². The number of hydrogen-bond acceptors (Lipinski definition) is 2. The zero-order valence-electron chi connectivity index (χ0n) is 19.1. The van der Waals surface area contributed by atoms with Gasteiger partial charge in [-0.2, -0.15) is 0 Å². The van der Waals surface area contributed by atoms with Crippen molar-refractivity contribution in [1.29, 1.82) is 0 Å². The summed E-state index contributed by atoms with van der Waals surface area (Å²) >= 11 is 12.1. The first-order chi connectivity index (χ1) is 16.2. The molecule has 0 aliphatic rings. The van der Waals surface area contributed by atoms with Crippen molar-refractivity contribution < 1.29 is 14.0 Å². The molecule has 3 rings (SSSR count). The number of nitrogens with zero attached hydrogens (tertiary/aromatic N) is 1. The molecule has 0 aromatic heterocycles. The van der Waals surface area contributed by atoms with E-state index < -0.39 is 11.9 Å². The lowest BCUT2D eigenvalue weighted by molar-refractivity contribution is -0.141. The van der Waals surface area contributed by atoms with Crippen LogP contribution in [0.3, 0.4) is 0 Å². The largest absolute Gasteiger partial charge is 0.352 e. The second-order valence-corrected chi connectivity index (χ2v) is 9.22. The highest BCUT2D eigenvalue weighted by molar-refractivity contribution is 6.42. The van der Waals surface area contributed by atoms with Gasteiger partial charge in [-0.05, 0) is 43.2 Å². The summed E-state index contributed by atoms with van der Waals surface area (Å²) in [5.74, 6) is -1.04. The molecule has 34 heavy (non-hydrogen) atoms. The van der Waals surface area contributed by atoms with Crippen molar-refractivity contribution in [2.45, 2.75) is 45.3 Å². The fourth-order valence-corrected chi connectivity index (χ4v) is 3.99. The number of halogens is 3. The van der Waals surface area contributed by atoms with Crippen LogP contribution in [0.2, 0.25) is 10.0 Å². The lowest BCUT2D eigenvalue weighted by Gasteiger charge is -2.32. The Morgan fingerprint density at radius 2 is 1.59 bits per heavy atom. The van der Waals surface area contributed by atoms with Gasteiger partial charge < -0.3 is 10.2 Å². The van der Waals surface area contributed by atoms with E-state index >= 15 is 0 Å². The predicted octanol–water partition coefficient (Wildman–Crippen LogP) is 5.84. The Bertz CT molecular complexity index is 1140. The lowest BCUT2D eigenvalue weighted by atomic mass is 10.0. The molecule has 7 heteroatoms. The molecule has 0 saturated carbocycles. The number of benzene rings is 3. The molecule has 2 amide bonds. The van der Waals surface area contributed by atoms with E-state index in [1.165, 1.54) is 11.0 Å². The summed E-state index contributed by atoms with van der Waals surface area (Å²) in [6, 6.07) is 19.7. The van der Waals surface area contributed by atoms with Gasteiger partial charge in [0, 0.05) is 24.6 Å². The molecule has 0 unspecified atom stereocenters. The predicted molar refractivity (Wildman–Crippen MR) is 134 cm³/mol. The van der Waals surface area contributed by atoms with Gasteiger partial charge in [0.05, 0.1) is 16.5 Å². The summed E-state index contributed by atoms with van der Waals surface area (Å²) in [4.78, 5) is 28.3. The van der Waals surface area contributed by atoms with Crippen molar-refractivity contribution in [3.8, 4) is 0 Å². The number of nitrogens with one attached hydrogen (secondary N) is 1. The molecule has 1 N–H and O–H groups in total. The summed E-state index contributed by atoms with van der Waals surface area (Å²) in [5.41, 5.74) is 1.88. The minimum Gasteiger partial charge on any atom is -0.352 e. The third-order valence-corrected chi connectivity index (χ3v) is 6.08. The topological polar surface area (TPSA) is 49.4 Å². The Morgan fingerprint density at radius 1 is 0.912 bits per heavy atom. The van der Waals surface area contributed by atoms with E-state index in [0.29, 0.717) is 27.6 Å². The average molecular weight is 501 g/mol. The van der Waals surface area contributed by atoms with Crippen LogP contribution in [-0.4, -0.2) is 28.8 Å². The fraction of sp³-hybridized carbons (Fsp3) is 0.259. The summed E-state index contributed by atoms with van der Waals surface area (Å²) < 4.78 is 14.6. The van der Waals surface area contributed by atoms with Gasteiger partial charge in [0.2, 0.25) is 11.8 Å². The van der Waals surface area contributed by atoms with Crippen LogP contribution in [0.1, 0.15) is 30.5 Å². The minimum atomic E-state index is -0.834. The van der Waals surface area contributed by atoms with Crippen molar-refractivity contribution in [3.05, 3.63) is 105 Å². The summed E-state index contributed by atoms with van der Waals surface area (Å²) in [7, 11) is 0. The molecule has 0 saturated heterocycles. The molecule has 4 nitrogen and oxygen atoms in total. The maximum Gasteiger partial charge on any atom is 0.243 e. The molecule has 0 spiro atoms. The van der Waals surface area contributed by atoms with Crippen LogP contribution in [0.4, 0.5) is 4.39 Å². The van der Waals surface area contributed by atoms with Crippen LogP contribution in [-0.2, 0) is 29.0 Å². The fourth-order valence-electron chi connectivity index (χ4n) is 3.67. The standard InChI is InChI=1S/C27H27Cl2FN2O2/c1-18(2)31-27(34)25(15-19-8-4-3-5-9-19)32(17-21-10-6-7-11-24(21)30)26(33)16-20-12-13-22(28)23(29)14-20/h3-14,18,25H,15-17H2,1-2H3,(H,31,34)/t25-/m1/s1.